The van der Waals surface area contributed by atoms with E-state index in [4.69, 9.17) is 19.8 Å². The minimum absolute atomic E-state index is 0. The van der Waals surface area contributed by atoms with Gasteiger partial charge in [-0.15, -0.1) is 12.4 Å². The second kappa shape index (κ2) is 4.86. The fourth-order valence-corrected chi connectivity index (χ4v) is 2.31. The van der Waals surface area contributed by atoms with E-state index in [1.165, 1.54) is 5.57 Å². The van der Waals surface area contributed by atoms with Crippen molar-refractivity contribution in [3.05, 3.63) is 35.0 Å². The average molecular weight is 256 g/mol. The highest BCUT2D eigenvalue weighted by Gasteiger charge is 2.41. The van der Waals surface area contributed by atoms with Crippen molar-refractivity contribution in [2.45, 2.75) is 19.1 Å². The molecule has 2 N–H and O–H groups in total. The van der Waals surface area contributed by atoms with E-state index in [1.54, 1.807) is 6.26 Å². The van der Waals surface area contributed by atoms with Gasteiger partial charge < -0.3 is 19.8 Å². The normalized spacial score (nSPS) is 30.2. The molecule has 0 spiro atoms. The molecule has 6 heteroatoms. The molecule has 92 valence electrons. The third kappa shape index (κ3) is 2.04. The number of halogens is 1. The van der Waals surface area contributed by atoms with Crippen molar-refractivity contribution in [1.29, 1.82) is 0 Å². The van der Waals surface area contributed by atoms with E-state index in [0.29, 0.717) is 13.2 Å². The summed E-state index contributed by atoms with van der Waals surface area (Å²) in [6, 6.07) is 0. The molecule has 0 aromatic rings. The predicted octanol–water partition coefficient (Wildman–Crippen LogP) is 0.979. The number of nitrogens with two attached hydrogens (primary N) is 1. The van der Waals surface area contributed by atoms with E-state index in [9.17, 15) is 0 Å². The molecule has 0 saturated heterocycles. The number of rotatable bonds is 1. The van der Waals surface area contributed by atoms with Crippen molar-refractivity contribution in [2.24, 2.45) is 5.73 Å². The Morgan fingerprint density at radius 3 is 3.12 bits per heavy atom. The lowest BCUT2D eigenvalue weighted by atomic mass is 9.70. The van der Waals surface area contributed by atoms with E-state index < -0.39 is 0 Å². The van der Waals surface area contributed by atoms with Crippen LogP contribution < -0.4 is 5.73 Å². The molecule has 0 bridgehead atoms. The van der Waals surface area contributed by atoms with Gasteiger partial charge in [0.25, 0.3) is 0 Å². The standard InChI is InChI=1S/C11H14BNO3.ClH/c1-7-10-6-15-12-11(10)8(2-3-14-7)4-9(5-13)16-12;/h2-4,7,9H,5-6,13H2,1H3;1H/t7-,9+;/m1./s1. The number of ether oxygens (including phenoxy) is 1. The van der Waals surface area contributed by atoms with Crippen LogP contribution in [0.3, 0.4) is 0 Å². The Bertz CT molecular complexity index is 408. The minimum atomic E-state index is -0.266. The highest BCUT2D eigenvalue weighted by molar-refractivity contribution is 6.57. The zero-order chi connectivity index (χ0) is 11.1. The number of hydrogen-bond acceptors (Lipinski definition) is 4. The molecule has 0 amide bonds. The molecule has 0 aliphatic carbocycles. The Balaban J connectivity index is 0.00000108. The Morgan fingerprint density at radius 1 is 1.53 bits per heavy atom. The zero-order valence-electron chi connectivity index (χ0n) is 9.59. The van der Waals surface area contributed by atoms with Crippen LogP contribution in [-0.2, 0) is 14.0 Å². The third-order valence-electron chi connectivity index (χ3n) is 3.20. The van der Waals surface area contributed by atoms with Crippen LogP contribution in [-0.4, -0.2) is 32.5 Å². The summed E-state index contributed by atoms with van der Waals surface area (Å²) in [6.45, 7) is 3.07. The van der Waals surface area contributed by atoms with Gasteiger partial charge in [0.2, 0.25) is 0 Å². The molecular formula is C11H15BClNO3. The summed E-state index contributed by atoms with van der Waals surface area (Å²) in [6.07, 6.45) is 5.73. The lowest BCUT2D eigenvalue weighted by molar-refractivity contribution is 0.165. The maximum atomic E-state index is 5.73. The summed E-state index contributed by atoms with van der Waals surface area (Å²) in [7, 11) is -0.266. The van der Waals surface area contributed by atoms with Gasteiger partial charge in [-0.3, -0.25) is 0 Å². The Hall–Kier alpha value is -0.745. The molecule has 3 rings (SSSR count). The monoisotopic (exact) mass is 255 g/mol. The van der Waals surface area contributed by atoms with Crippen LogP contribution in [0.25, 0.3) is 0 Å². The fraction of sp³-hybridized carbons (Fsp3) is 0.455. The summed E-state index contributed by atoms with van der Waals surface area (Å²) >= 11 is 0. The predicted molar refractivity (Wildman–Crippen MR) is 67.7 cm³/mol. The quantitative estimate of drug-likeness (QED) is 0.710. The van der Waals surface area contributed by atoms with E-state index >= 15 is 0 Å². The highest BCUT2D eigenvalue weighted by Crippen LogP contribution is 2.35. The first kappa shape index (κ1) is 12.7. The van der Waals surface area contributed by atoms with E-state index in [1.807, 2.05) is 19.1 Å². The van der Waals surface area contributed by atoms with Crippen LogP contribution in [0.4, 0.5) is 0 Å². The van der Waals surface area contributed by atoms with Gasteiger partial charge in [-0.05, 0) is 35.7 Å². The third-order valence-corrected chi connectivity index (χ3v) is 3.20. The van der Waals surface area contributed by atoms with Crippen LogP contribution in [0.15, 0.2) is 35.0 Å². The second-order valence-electron chi connectivity index (χ2n) is 4.20. The van der Waals surface area contributed by atoms with Crippen molar-refractivity contribution in [3.63, 3.8) is 0 Å². The summed E-state index contributed by atoms with van der Waals surface area (Å²) in [5.74, 6) is 0. The van der Waals surface area contributed by atoms with Gasteiger partial charge in [0.15, 0.2) is 0 Å². The van der Waals surface area contributed by atoms with Crippen molar-refractivity contribution >= 4 is 19.5 Å². The lowest BCUT2D eigenvalue weighted by Crippen LogP contribution is -2.36. The Kier molecular flexibility index (Phi) is 3.63. The maximum absolute atomic E-state index is 5.73. The smallest absolute Gasteiger partial charge is 0.494 e. The molecule has 3 heterocycles. The fourth-order valence-electron chi connectivity index (χ4n) is 2.31. The summed E-state index contributed by atoms with van der Waals surface area (Å²) in [4.78, 5) is 0. The molecule has 3 aliphatic heterocycles. The molecule has 0 saturated carbocycles. The zero-order valence-corrected chi connectivity index (χ0v) is 10.4. The molecular weight excluding hydrogens is 240 g/mol. The van der Waals surface area contributed by atoms with Crippen molar-refractivity contribution in [1.82, 2.24) is 0 Å². The van der Waals surface area contributed by atoms with E-state index in [2.05, 4.69) is 0 Å². The van der Waals surface area contributed by atoms with Crippen molar-refractivity contribution in [3.8, 4) is 0 Å². The number of allylic oxidation sites excluding steroid dienone is 3. The lowest BCUT2D eigenvalue weighted by Gasteiger charge is -2.23. The molecule has 3 aliphatic rings. The van der Waals surface area contributed by atoms with Gasteiger partial charge in [0, 0.05) is 6.54 Å². The van der Waals surface area contributed by atoms with Crippen LogP contribution >= 0.6 is 12.4 Å². The molecule has 0 aromatic heterocycles. The maximum Gasteiger partial charge on any atom is 0.495 e. The summed E-state index contributed by atoms with van der Waals surface area (Å²) in [5.41, 5.74) is 9.06. The van der Waals surface area contributed by atoms with Crippen molar-refractivity contribution < 1.29 is 14.0 Å². The minimum Gasteiger partial charge on any atom is -0.494 e. The van der Waals surface area contributed by atoms with Gasteiger partial charge in [0.1, 0.15) is 6.10 Å². The van der Waals surface area contributed by atoms with Crippen LogP contribution in [0.2, 0.25) is 0 Å². The first-order valence-electron chi connectivity index (χ1n) is 5.54. The second-order valence-corrected chi connectivity index (χ2v) is 4.20. The van der Waals surface area contributed by atoms with Gasteiger partial charge in [-0.2, -0.15) is 0 Å². The van der Waals surface area contributed by atoms with Crippen LogP contribution in [0, 0.1) is 0 Å². The van der Waals surface area contributed by atoms with E-state index in [-0.39, 0.29) is 31.7 Å². The largest absolute Gasteiger partial charge is 0.495 e. The molecule has 4 nitrogen and oxygen atoms in total. The van der Waals surface area contributed by atoms with Crippen molar-refractivity contribution in [2.75, 3.05) is 13.2 Å². The van der Waals surface area contributed by atoms with Crippen LogP contribution in [0.5, 0.6) is 0 Å². The molecule has 2 atom stereocenters. The highest BCUT2D eigenvalue weighted by atomic mass is 35.5. The Labute approximate surface area is 107 Å². The van der Waals surface area contributed by atoms with Gasteiger partial charge >= 0.3 is 7.12 Å². The molecule has 0 unspecified atom stereocenters. The summed E-state index contributed by atoms with van der Waals surface area (Å²) in [5, 5.41) is 0. The van der Waals surface area contributed by atoms with Gasteiger partial charge in [0.05, 0.1) is 19.0 Å². The molecule has 0 radical (unpaired) electrons. The average Bonchev–Trinajstić information content (AvgIpc) is 2.65. The topological polar surface area (TPSA) is 53.7 Å². The van der Waals surface area contributed by atoms with Gasteiger partial charge in [-0.1, -0.05) is 0 Å². The molecule has 17 heavy (non-hydrogen) atoms. The molecule has 0 aromatic carbocycles. The van der Waals surface area contributed by atoms with E-state index in [0.717, 1.165) is 11.0 Å². The SMILES string of the molecule is C[C@H]1OC=CC2=C[C@@H](CN)OB3OCC1=C32.Cl. The summed E-state index contributed by atoms with van der Waals surface area (Å²) < 4.78 is 16.9. The van der Waals surface area contributed by atoms with Crippen LogP contribution in [0.1, 0.15) is 6.92 Å². The Morgan fingerprint density at radius 2 is 2.35 bits per heavy atom. The first-order valence-corrected chi connectivity index (χ1v) is 5.54. The van der Waals surface area contributed by atoms with Gasteiger partial charge in [-0.25, -0.2) is 0 Å². The molecule has 0 fully saturated rings. The number of hydrogen-bond donors (Lipinski definition) is 1. The first-order chi connectivity index (χ1) is 7.79.